The van der Waals surface area contributed by atoms with Crippen LogP contribution in [0.15, 0.2) is 30.4 Å². The Morgan fingerprint density at radius 1 is 1.43 bits per heavy atom. The predicted molar refractivity (Wildman–Crippen MR) is 77.4 cm³/mol. The molecule has 3 rings (SSSR count). The third-order valence-corrected chi connectivity index (χ3v) is 4.16. The van der Waals surface area contributed by atoms with Crippen molar-refractivity contribution in [2.75, 3.05) is 11.9 Å². The van der Waals surface area contributed by atoms with Gasteiger partial charge in [-0.15, -0.1) is 0 Å². The SMILES string of the molecule is CCOC(=O)C1Nc2cccc(C(=O)O)c2C2C=CCC12. The maximum absolute atomic E-state index is 12.1. The van der Waals surface area contributed by atoms with E-state index in [-0.39, 0.29) is 17.8 Å². The molecule has 5 heteroatoms. The Morgan fingerprint density at radius 2 is 2.24 bits per heavy atom. The van der Waals surface area contributed by atoms with Crippen LogP contribution in [0, 0.1) is 5.92 Å². The number of nitrogens with one attached hydrogen (secondary N) is 1. The molecule has 110 valence electrons. The van der Waals surface area contributed by atoms with Crippen molar-refractivity contribution in [1.29, 1.82) is 0 Å². The topological polar surface area (TPSA) is 75.6 Å². The van der Waals surface area contributed by atoms with E-state index >= 15 is 0 Å². The van der Waals surface area contributed by atoms with Gasteiger partial charge in [0.1, 0.15) is 6.04 Å². The molecule has 1 aliphatic heterocycles. The van der Waals surface area contributed by atoms with Crippen LogP contribution < -0.4 is 5.32 Å². The summed E-state index contributed by atoms with van der Waals surface area (Å²) >= 11 is 0. The average Bonchev–Trinajstić information content (AvgIpc) is 2.95. The van der Waals surface area contributed by atoms with E-state index in [4.69, 9.17) is 4.74 Å². The summed E-state index contributed by atoms with van der Waals surface area (Å²) < 4.78 is 5.14. The van der Waals surface area contributed by atoms with Crippen molar-refractivity contribution in [2.45, 2.75) is 25.3 Å². The van der Waals surface area contributed by atoms with Crippen LogP contribution in [0.4, 0.5) is 5.69 Å². The number of hydrogen-bond acceptors (Lipinski definition) is 4. The van der Waals surface area contributed by atoms with Crippen LogP contribution in [0.1, 0.15) is 35.2 Å². The highest BCUT2D eigenvalue weighted by atomic mass is 16.5. The molecule has 1 aromatic carbocycles. The fourth-order valence-electron chi connectivity index (χ4n) is 3.30. The first-order chi connectivity index (χ1) is 10.1. The number of carboxylic acid groups (broad SMARTS) is 1. The van der Waals surface area contributed by atoms with Crippen molar-refractivity contribution in [3.63, 3.8) is 0 Å². The Balaban J connectivity index is 2.05. The van der Waals surface area contributed by atoms with Gasteiger partial charge < -0.3 is 15.2 Å². The van der Waals surface area contributed by atoms with Gasteiger partial charge in [-0.05, 0) is 31.0 Å². The van der Waals surface area contributed by atoms with E-state index in [2.05, 4.69) is 5.32 Å². The molecule has 0 aromatic heterocycles. The van der Waals surface area contributed by atoms with Crippen LogP contribution in [-0.2, 0) is 9.53 Å². The second kappa shape index (κ2) is 5.24. The predicted octanol–water partition coefficient (Wildman–Crippen LogP) is 2.40. The van der Waals surface area contributed by atoms with Gasteiger partial charge in [0.15, 0.2) is 0 Å². The molecule has 3 atom stereocenters. The number of esters is 1. The Morgan fingerprint density at radius 3 is 2.95 bits per heavy atom. The Kier molecular flexibility index (Phi) is 3.41. The van der Waals surface area contributed by atoms with Gasteiger partial charge in [-0.3, -0.25) is 0 Å². The quantitative estimate of drug-likeness (QED) is 0.659. The summed E-state index contributed by atoms with van der Waals surface area (Å²) in [6.45, 7) is 2.12. The molecule has 0 radical (unpaired) electrons. The van der Waals surface area contributed by atoms with E-state index in [0.29, 0.717) is 17.9 Å². The molecule has 2 N–H and O–H groups in total. The maximum Gasteiger partial charge on any atom is 0.336 e. The standard InChI is InChI=1S/C16H17NO4/c1-2-21-16(20)14-10-6-3-5-9(10)13-11(15(18)19)7-4-8-12(13)17-14/h3-5,7-10,14,17H,2,6H2,1H3,(H,18,19). The highest BCUT2D eigenvalue weighted by Gasteiger charge is 2.42. The van der Waals surface area contributed by atoms with Crippen LogP contribution in [-0.4, -0.2) is 29.7 Å². The lowest BCUT2D eigenvalue weighted by Crippen LogP contribution is -2.43. The molecule has 1 aliphatic carbocycles. The van der Waals surface area contributed by atoms with E-state index in [1.807, 2.05) is 18.2 Å². The zero-order chi connectivity index (χ0) is 15.0. The van der Waals surface area contributed by atoms with E-state index in [1.54, 1.807) is 19.1 Å². The average molecular weight is 287 g/mol. The van der Waals surface area contributed by atoms with Gasteiger partial charge >= 0.3 is 11.9 Å². The molecule has 3 unspecified atom stereocenters. The van der Waals surface area contributed by atoms with Gasteiger partial charge in [-0.1, -0.05) is 18.2 Å². The zero-order valence-corrected chi connectivity index (χ0v) is 11.7. The largest absolute Gasteiger partial charge is 0.478 e. The molecule has 0 spiro atoms. The lowest BCUT2D eigenvalue weighted by Gasteiger charge is -2.36. The van der Waals surface area contributed by atoms with Crippen LogP contribution in [0.2, 0.25) is 0 Å². The number of allylic oxidation sites excluding steroid dienone is 2. The number of fused-ring (bicyclic) bond motifs is 3. The van der Waals surface area contributed by atoms with Crippen molar-refractivity contribution in [2.24, 2.45) is 5.92 Å². The van der Waals surface area contributed by atoms with Crippen molar-refractivity contribution < 1.29 is 19.4 Å². The normalized spacial score (nSPS) is 25.7. The van der Waals surface area contributed by atoms with Crippen LogP contribution in [0.25, 0.3) is 0 Å². The Hall–Kier alpha value is -2.30. The van der Waals surface area contributed by atoms with Gasteiger partial charge in [0.05, 0.1) is 12.2 Å². The number of rotatable bonds is 3. The number of ether oxygens (including phenoxy) is 1. The number of carbonyl (C=O) groups is 2. The van der Waals surface area contributed by atoms with Crippen LogP contribution in [0.5, 0.6) is 0 Å². The number of anilines is 1. The smallest absolute Gasteiger partial charge is 0.336 e. The summed E-state index contributed by atoms with van der Waals surface area (Å²) in [5, 5.41) is 12.5. The highest BCUT2D eigenvalue weighted by molar-refractivity contribution is 5.93. The summed E-state index contributed by atoms with van der Waals surface area (Å²) in [6.07, 6.45) is 4.76. The summed E-state index contributed by atoms with van der Waals surface area (Å²) in [4.78, 5) is 23.6. The lowest BCUT2D eigenvalue weighted by atomic mass is 9.77. The Bertz CT molecular complexity index is 623. The summed E-state index contributed by atoms with van der Waals surface area (Å²) in [5.41, 5.74) is 1.77. The molecule has 5 nitrogen and oxygen atoms in total. The van der Waals surface area contributed by atoms with Crippen molar-refractivity contribution in [3.05, 3.63) is 41.5 Å². The van der Waals surface area contributed by atoms with Gasteiger partial charge in [0.25, 0.3) is 0 Å². The molecule has 0 saturated carbocycles. The zero-order valence-electron chi connectivity index (χ0n) is 11.7. The minimum absolute atomic E-state index is 0.0112. The van der Waals surface area contributed by atoms with Crippen LogP contribution in [0.3, 0.4) is 0 Å². The minimum Gasteiger partial charge on any atom is -0.478 e. The molecular weight excluding hydrogens is 270 g/mol. The molecular formula is C16H17NO4. The molecule has 2 aliphatic rings. The van der Waals surface area contributed by atoms with Crippen molar-refractivity contribution >= 4 is 17.6 Å². The first kappa shape index (κ1) is 13.7. The molecule has 0 saturated heterocycles. The summed E-state index contributed by atoms with van der Waals surface area (Å²) in [7, 11) is 0. The molecule has 0 bridgehead atoms. The highest BCUT2D eigenvalue weighted by Crippen LogP contribution is 2.46. The number of hydrogen-bond donors (Lipinski definition) is 2. The molecule has 1 heterocycles. The van der Waals surface area contributed by atoms with Crippen molar-refractivity contribution in [3.8, 4) is 0 Å². The van der Waals surface area contributed by atoms with Gasteiger partial charge in [-0.2, -0.15) is 0 Å². The third kappa shape index (κ3) is 2.18. The summed E-state index contributed by atoms with van der Waals surface area (Å²) in [5.74, 6) is -1.26. The first-order valence-corrected chi connectivity index (χ1v) is 7.09. The van der Waals surface area contributed by atoms with Crippen LogP contribution >= 0.6 is 0 Å². The monoisotopic (exact) mass is 287 g/mol. The van der Waals surface area contributed by atoms with Gasteiger partial charge in [-0.25, -0.2) is 9.59 Å². The Labute approximate surface area is 122 Å². The number of aromatic carboxylic acids is 1. The maximum atomic E-state index is 12.1. The first-order valence-electron chi connectivity index (χ1n) is 7.09. The number of carboxylic acids is 1. The minimum atomic E-state index is -0.942. The fourth-order valence-corrected chi connectivity index (χ4v) is 3.30. The number of benzene rings is 1. The lowest BCUT2D eigenvalue weighted by molar-refractivity contribution is -0.145. The van der Waals surface area contributed by atoms with Gasteiger partial charge in [0.2, 0.25) is 0 Å². The van der Waals surface area contributed by atoms with E-state index in [1.165, 1.54) is 0 Å². The third-order valence-electron chi connectivity index (χ3n) is 4.16. The molecule has 21 heavy (non-hydrogen) atoms. The second-order valence-corrected chi connectivity index (χ2v) is 5.30. The molecule has 1 aromatic rings. The fraction of sp³-hybridized carbons (Fsp3) is 0.375. The van der Waals surface area contributed by atoms with Gasteiger partial charge in [0, 0.05) is 17.5 Å². The van der Waals surface area contributed by atoms with Crippen molar-refractivity contribution in [1.82, 2.24) is 0 Å². The number of carbonyl (C=O) groups excluding carboxylic acids is 1. The summed E-state index contributed by atoms with van der Waals surface area (Å²) in [6, 6.07) is 4.69. The van der Waals surface area contributed by atoms with E-state index in [9.17, 15) is 14.7 Å². The molecule has 0 fully saturated rings. The molecule has 0 amide bonds. The second-order valence-electron chi connectivity index (χ2n) is 5.30. The van der Waals surface area contributed by atoms with E-state index in [0.717, 1.165) is 12.0 Å². The van der Waals surface area contributed by atoms with E-state index < -0.39 is 12.0 Å².